The number of methoxy groups -OCH3 is 1. The van der Waals surface area contributed by atoms with E-state index in [0.29, 0.717) is 0 Å². The fourth-order valence-corrected chi connectivity index (χ4v) is 2.00. The van der Waals surface area contributed by atoms with Gasteiger partial charge in [-0.15, -0.1) is 0 Å². The number of nitrogens with one attached hydrogen (secondary N) is 1. The van der Waals surface area contributed by atoms with Crippen LogP contribution in [0.2, 0.25) is 0 Å². The summed E-state index contributed by atoms with van der Waals surface area (Å²) in [6.07, 6.45) is 5.10. The molecular weight excluding hydrogens is 294 g/mol. The number of hydrogen-bond acceptors (Lipinski definition) is 4. The van der Waals surface area contributed by atoms with Crippen molar-refractivity contribution >= 4 is 21.6 Å². The number of rotatable bonds is 4. The number of ether oxygens (including phenoxy) is 1. The summed E-state index contributed by atoms with van der Waals surface area (Å²) < 4.78 is 6.32. The smallest absolute Gasteiger partial charge is 0.142 e. The molecule has 2 rings (SSSR count). The first-order chi connectivity index (χ1) is 8.70. The molecule has 0 radical (unpaired) electrons. The van der Waals surface area contributed by atoms with E-state index in [9.17, 15) is 0 Å². The topological polar surface area (TPSA) is 47.0 Å². The van der Waals surface area contributed by atoms with Gasteiger partial charge in [-0.05, 0) is 25.1 Å². The third kappa shape index (κ3) is 2.98. The lowest BCUT2D eigenvalue weighted by Gasteiger charge is -2.17. The minimum atomic E-state index is 0.0573. The molecule has 1 unspecified atom stereocenters. The van der Waals surface area contributed by atoms with Crippen LogP contribution in [0.25, 0.3) is 0 Å². The lowest BCUT2D eigenvalue weighted by molar-refractivity contribution is 0.416. The summed E-state index contributed by atoms with van der Waals surface area (Å²) in [5.74, 6) is 0.800. The summed E-state index contributed by atoms with van der Waals surface area (Å²) in [5.41, 5.74) is 1.81. The Morgan fingerprint density at radius 2 is 2.17 bits per heavy atom. The number of hydrogen-bond donors (Lipinski definition) is 1. The Bertz CT molecular complexity index is 519. The Morgan fingerprint density at radius 1 is 1.33 bits per heavy atom. The third-order valence-electron chi connectivity index (χ3n) is 2.56. The SMILES string of the molecule is COc1ccc(Br)cc1NC(C)c1cnccn1. The van der Waals surface area contributed by atoms with Gasteiger partial charge in [-0.1, -0.05) is 15.9 Å². The average molecular weight is 308 g/mol. The zero-order valence-corrected chi connectivity index (χ0v) is 11.8. The Hall–Kier alpha value is -1.62. The quantitative estimate of drug-likeness (QED) is 0.940. The van der Waals surface area contributed by atoms with Crippen LogP contribution in [0.3, 0.4) is 0 Å². The van der Waals surface area contributed by atoms with Crippen molar-refractivity contribution in [3.8, 4) is 5.75 Å². The molecule has 0 aliphatic rings. The van der Waals surface area contributed by atoms with Crippen LogP contribution >= 0.6 is 15.9 Å². The van der Waals surface area contributed by atoms with E-state index in [1.807, 2.05) is 25.1 Å². The minimum Gasteiger partial charge on any atom is -0.495 e. The molecule has 0 bridgehead atoms. The maximum Gasteiger partial charge on any atom is 0.142 e. The van der Waals surface area contributed by atoms with Crippen molar-refractivity contribution in [2.45, 2.75) is 13.0 Å². The summed E-state index contributed by atoms with van der Waals surface area (Å²) in [7, 11) is 1.65. The van der Waals surface area contributed by atoms with Crippen molar-refractivity contribution < 1.29 is 4.74 Å². The van der Waals surface area contributed by atoms with E-state index >= 15 is 0 Å². The van der Waals surface area contributed by atoms with Gasteiger partial charge >= 0.3 is 0 Å². The Labute approximate surface area is 115 Å². The molecule has 1 atom stereocenters. The van der Waals surface area contributed by atoms with Crippen LogP contribution in [0, 0.1) is 0 Å². The number of anilines is 1. The van der Waals surface area contributed by atoms with Crippen LogP contribution in [0.1, 0.15) is 18.7 Å². The number of nitrogens with zero attached hydrogens (tertiary/aromatic N) is 2. The predicted molar refractivity (Wildman–Crippen MR) is 74.8 cm³/mol. The molecule has 5 heteroatoms. The highest BCUT2D eigenvalue weighted by atomic mass is 79.9. The second-order valence-corrected chi connectivity index (χ2v) is 4.76. The largest absolute Gasteiger partial charge is 0.495 e. The first kappa shape index (κ1) is 12.8. The normalized spacial score (nSPS) is 11.9. The molecule has 1 N–H and O–H groups in total. The van der Waals surface area contributed by atoms with Crippen molar-refractivity contribution in [1.29, 1.82) is 0 Å². The van der Waals surface area contributed by atoms with Crippen LogP contribution < -0.4 is 10.1 Å². The highest BCUT2D eigenvalue weighted by Crippen LogP contribution is 2.30. The fraction of sp³-hybridized carbons (Fsp3) is 0.231. The Balaban J connectivity index is 2.21. The summed E-state index contributed by atoms with van der Waals surface area (Å²) in [5, 5.41) is 3.36. The predicted octanol–water partition coefficient (Wildman–Crippen LogP) is 3.42. The zero-order chi connectivity index (χ0) is 13.0. The van der Waals surface area contributed by atoms with Gasteiger partial charge in [0, 0.05) is 16.9 Å². The molecule has 0 aliphatic heterocycles. The molecule has 2 aromatic rings. The number of halogens is 1. The van der Waals surface area contributed by atoms with Gasteiger partial charge in [-0.25, -0.2) is 0 Å². The molecule has 1 aromatic carbocycles. The van der Waals surface area contributed by atoms with Gasteiger partial charge in [0.1, 0.15) is 5.75 Å². The van der Waals surface area contributed by atoms with Gasteiger partial charge in [0.2, 0.25) is 0 Å². The van der Waals surface area contributed by atoms with Crippen LogP contribution in [-0.4, -0.2) is 17.1 Å². The van der Waals surface area contributed by atoms with Crippen LogP contribution in [0.15, 0.2) is 41.3 Å². The molecule has 0 saturated heterocycles. The van der Waals surface area contributed by atoms with E-state index in [2.05, 4.69) is 31.2 Å². The summed E-state index contributed by atoms with van der Waals surface area (Å²) in [4.78, 5) is 8.34. The van der Waals surface area contributed by atoms with Gasteiger partial charge in [0.15, 0.2) is 0 Å². The molecule has 1 aromatic heterocycles. The van der Waals surface area contributed by atoms with Crippen molar-refractivity contribution in [3.63, 3.8) is 0 Å². The summed E-state index contributed by atoms with van der Waals surface area (Å²) >= 11 is 3.45. The zero-order valence-electron chi connectivity index (χ0n) is 10.2. The highest BCUT2D eigenvalue weighted by molar-refractivity contribution is 9.10. The van der Waals surface area contributed by atoms with Crippen LogP contribution in [-0.2, 0) is 0 Å². The molecule has 4 nitrogen and oxygen atoms in total. The second kappa shape index (κ2) is 5.82. The molecular formula is C13H14BrN3O. The molecule has 0 saturated carbocycles. The van der Waals surface area contributed by atoms with Crippen molar-refractivity contribution in [1.82, 2.24) is 9.97 Å². The van der Waals surface area contributed by atoms with Crippen LogP contribution in [0.5, 0.6) is 5.75 Å². The second-order valence-electron chi connectivity index (χ2n) is 3.84. The maximum atomic E-state index is 5.32. The van der Waals surface area contributed by atoms with E-state index in [4.69, 9.17) is 4.74 Å². The molecule has 0 aliphatic carbocycles. The standard InChI is InChI=1S/C13H14BrN3O/c1-9(12-8-15-5-6-16-12)17-11-7-10(14)3-4-13(11)18-2/h3-9,17H,1-2H3. The van der Waals surface area contributed by atoms with E-state index in [1.54, 1.807) is 25.7 Å². The van der Waals surface area contributed by atoms with E-state index < -0.39 is 0 Å². The van der Waals surface area contributed by atoms with E-state index in [0.717, 1.165) is 21.6 Å². The van der Waals surface area contributed by atoms with Crippen molar-refractivity contribution in [2.75, 3.05) is 12.4 Å². The molecule has 0 spiro atoms. The number of aromatic nitrogens is 2. The van der Waals surface area contributed by atoms with E-state index in [1.165, 1.54) is 0 Å². The Kier molecular flexibility index (Phi) is 4.15. The average Bonchev–Trinajstić information content (AvgIpc) is 2.40. The summed E-state index contributed by atoms with van der Waals surface area (Å²) in [6, 6.07) is 5.89. The minimum absolute atomic E-state index is 0.0573. The maximum absolute atomic E-state index is 5.32. The molecule has 18 heavy (non-hydrogen) atoms. The van der Waals surface area contributed by atoms with Crippen molar-refractivity contribution in [2.24, 2.45) is 0 Å². The van der Waals surface area contributed by atoms with Crippen LogP contribution in [0.4, 0.5) is 5.69 Å². The molecule has 0 amide bonds. The molecule has 94 valence electrons. The van der Waals surface area contributed by atoms with Gasteiger partial charge < -0.3 is 10.1 Å². The summed E-state index contributed by atoms with van der Waals surface area (Å²) in [6.45, 7) is 2.03. The lowest BCUT2D eigenvalue weighted by Crippen LogP contribution is -2.09. The number of benzene rings is 1. The molecule has 0 fully saturated rings. The lowest BCUT2D eigenvalue weighted by atomic mass is 10.2. The first-order valence-corrected chi connectivity index (χ1v) is 6.36. The van der Waals surface area contributed by atoms with E-state index in [-0.39, 0.29) is 6.04 Å². The third-order valence-corrected chi connectivity index (χ3v) is 3.05. The van der Waals surface area contributed by atoms with Gasteiger partial charge in [-0.3, -0.25) is 9.97 Å². The van der Waals surface area contributed by atoms with Gasteiger partial charge in [0.05, 0.1) is 30.7 Å². The molecule has 1 heterocycles. The monoisotopic (exact) mass is 307 g/mol. The van der Waals surface area contributed by atoms with Gasteiger partial charge in [-0.2, -0.15) is 0 Å². The fourth-order valence-electron chi connectivity index (χ4n) is 1.63. The highest BCUT2D eigenvalue weighted by Gasteiger charge is 2.10. The van der Waals surface area contributed by atoms with Crippen molar-refractivity contribution in [3.05, 3.63) is 47.0 Å². The van der Waals surface area contributed by atoms with Gasteiger partial charge in [0.25, 0.3) is 0 Å². The first-order valence-electron chi connectivity index (χ1n) is 5.56. The Morgan fingerprint density at radius 3 is 2.83 bits per heavy atom.